The number of rotatable bonds is 4. The van der Waals surface area contributed by atoms with E-state index in [4.69, 9.17) is 0 Å². The lowest BCUT2D eigenvalue weighted by Gasteiger charge is -2.50. The fourth-order valence-corrected chi connectivity index (χ4v) is 5.70. The van der Waals surface area contributed by atoms with Crippen LogP contribution in [0, 0.1) is 17.2 Å². The summed E-state index contributed by atoms with van der Waals surface area (Å²) in [4.78, 5) is 11.5. The second-order valence-electron chi connectivity index (χ2n) is 8.85. The summed E-state index contributed by atoms with van der Waals surface area (Å²) in [5.74, 6) is -0.621. The molecule has 0 unspecified atom stereocenters. The zero-order valence-corrected chi connectivity index (χ0v) is 16.6. The molecule has 2 aliphatic rings. The molecule has 3 atom stereocenters. The van der Waals surface area contributed by atoms with Crippen molar-refractivity contribution in [2.24, 2.45) is 5.92 Å². The highest BCUT2D eigenvalue weighted by Crippen LogP contribution is 2.54. The van der Waals surface area contributed by atoms with Crippen LogP contribution in [0.2, 0.25) is 0 Å². The van der Waals surface area contributed by atoms with Gasteiger partial charge in [-0.25, -0.2) is 4.79 Å². The number of aliphatic hydroxyl groups is 1. The Hall–Kier alpha value is -2.64. The van der Waals surface area contributed by atoms with Crippen LogP contribution < -0.4 is 0 Å². The second-order valence-corrected chi connectivity index (χ2v) is 8.85. The van der Waals surface area contributed by atoms with Gasteiger partial charge >= 0.3 is 5.97 Å². The zero-order valence-electron chi connectivity index (χ0n) is 16.6. The maximum Gasteiger partial charge on any atom is 0.335 e. The molecule has 0 amide bonds. The lowest BCUT2D eigenvalue weighted by Crippen LogP contribution is -2.49. The Morgan fingerprint density at radius 1 is 1.17 bits per heavy atom. The molecule has 4 nitrogen and oxygen atoms in total. The smallest absolute Gasteiger partial charge is 0.335 e. The van der Waals surface area contributed by atoms with Crippen LogP contribution in [0.15, 0.2) is 48.5 Å². The normalized spacial score (nSPS) is 28.5. The summed E-state index contributed by atoms with van der Waals surface area (Å²) >= 11 is 0. The SMILES string of the molecule is N#CC[C@@]1(O)CC[C@@]2(Cc3ccccc3)c3ccc(C(=O)O)cc3CCC[C@H]2C1. The Labute approximate surface area is 171 Å². The van der Waals surface area contributed by atoms with Gasteiger partial charge in [-0.1, -0.05) is 36.4 Å². The number of carboxylic acid groups (broad SMARTS) is 1. The maximum absolute atomic E-state index is 11.5. The average Bonchev–Trinajstić information content (AvgIpc) is 2.85. The molecule has 1 saturated carbocycles. The topological polar surface area (TPSA) is 81.3 Å². The highest BCUT2D eigenvalue weighted by molar-refractivity contribution is 5.88. The molecule has 0 spiro atoms. The lowest BCUT2D eigenvalue weighted by molar-refractivity contribution is -0.0437. The average molecular weight is 389 g/mol. The monoisotopic (exact) mass is 389 g/mol. The summed E-state index contributed by atoms with van der Waals surface area (Å²) in [5.41, 5.74) is 2.94. The minimum atomic E-state index is -0.912. The predicted molar refractivity (Wildman–Crippen MR) is 111 cm³/mol. The Balaban J connectivity index is 1.82. The van der Waals surface area contributed by atoms with E-state index >= 15 is 0 Å². The first-order valence-electron chi connectivity index (χ1n) is 10.5. The molecule has 2 aliphatic carbocycles. The van der Waals surface area contributed by atoms with Crippen molar-refractivity contribution >= 4 is 5.97 Å². The number of hydrogen-bond donors (Lipinski definition) is 2. The predicted octanol–water partition coefficient (Wildman–Crippen LogP) is 4.65. The van der Waals surface area contributed by atoms with Crippen molar-refractivity contribution < 1.29 is 15.0 Å². The fraction of sp³-hybridized carbons (Fsp3) is 0.440. The number of hydrogen-bond acceptors (Lipinski definition) is 3. The fourth-order valence-electron chi connectivity index (χ4n) is 5.70. The van der Waals surface area contributed by atoms with Gasteiger partial charge in [-0.2, -0.15) is 5.26 Å². The minimum Gasteiger partial charge on any atom is -0.478 e. The Morgan fingerprint density at radius 3 is 2.69 bits per heavy atom. The molecule has 0 saturated heterocycles. The number of fused-ring (bicyclic) bond motifs is 3. The zero-order chi connectivity index (χ0) is 20.5. The quantitative estimate of drug-likeness (QED) is 0.798. The summed E-state index contributed by atoms with van der Waals surface area (Å²) in [6, 6.07) is 18.2. The molecule has 4 heteroatoms. The van der Waals surface area contributed by atoms with Crippen molar-refractivity contribution in [3.63, 3.8) is 0 Å². The summed E-state index contributed by atoms with van der Waals surface area (Å²) in [6.07, 6.45) is 5.91. The van der Waals surface area contributed by atoms with E-state index in [0.717, 1.165) is 37.7 Å². The van der Waals surface area contributed by atoms with Gasteiger partial charge in [-0.3, -0.25) is 0 Å². The summed E-state index contributed by atoms with van der Waals surface area (Å²) in [6.45, 7) is 0. The Kier molecular flexibility index (Phi) is 5.19. The molecule has 0 radical (unpaired) electrons. The number of carbonyl (C=O) groups is 1. The third kappa shape index (κ3) is 3.68. The summed E-state index contributed by atoms with van der Waals surface area (Å²) in [7, 11) is 0. The van der Waals surface area contributed by atoms with Gasteiger partial charge in [0.1, 0.15) is 0 Å². The Bertz CT molecular complexity index is 948. The van der Waals surface area contributed by atoms with Crippen molar-refractivity contribution in [2.75, 3.05) is 0 Å². The molecule has 2 N–H and O–H groups in total. The van der Waals surface area contributed by atoms with Gasteiger partial charge in [-0.15, -0.1) is 0 Å². The van der Waals surface area contributed by atoms with Gasteiger partial charge in [0.2, 0.25) is 0 Å². The molecule has 1 fully saturated rings. The highest BCUT2D eigenvalue weighted by Gasteiger charge is 2.50. The van der Waals surface area contributed by atoms with Gasteiger partial charge in [0.25, 0.3) is 0 Å². The standard InChI is InChI=1S/C25H27NO3/c26-14-13-24(29)11-12-25(16-18-5-2-1-3-6-18)21(17-24)8-4-7-19-15-20(23(27)28)9-10-22(19)25/h1-3,5-6,9-10,15,21,29H,4,7-8,11-13,16-17H2,(H,27,28)/t21-,24-,25-/m0/s1. The first-order chi connectivity index (χ1) is 14.0. The number of nitriles is 1. The van der Waals surface area contributed by atoms with Crippen LogP contribution in [-0.4, -0.2) is 21.8 Å². The molecule has 0 aromatic heterocycles. The first-order valence-corrected chi connectivity index (χ1v) is 10.5. The lowest BCUT2D eigenvalue weighted by atomic mass is 9.55. The number of aromatic carboxylic acids is 1. The van der Waals surface area contributed by atoms with E-state index < -0.39 is 11.6 Å². The molecule has 0 bridgehead atoms. The van der Waals surface area contributed by atoms with Crippen LogP contribution in [0.5, 0.6) is 0 Å². The van der Waals surface area contributed by atoms with E-state index in [1.165, 1.54) is 11.1 Å². The van der Waals surface area contributed by atoms with Crippen molar-refractivity contribution in [1.82, 2.24) is 0 Å². The molecule has 0 aliphatic heterocycles. The Morgan fingerprint density at radius 2 is 1.97 bits per heavy atom. The minimum absolute atomic E-state index is 0.133. The highest BCUT2D eigenvalue weighted by atomic mass is 16.4. The van der Waals surface area contributed by atoms with E-state index in [1.807, 2.05) is 18.2 Å². The molecular weight excluding hydrogens is 362 g/mol. The van der Waals surface area contributed by atoms with E-state index in [-0.39, 0.29) is 17.8 Å². The third-order valence-corrected chi connectivity index (χ3v) is 7.10. The molecule has 4 rings (SSSR count). The van der Waals surface area contributed by atoms with E-state index in [1.54, 1.807) is 6.07 Å². The van der Waals surface area contributed by atoms with Gasteiger partial charge in [-0.05, 0) is 79.7 Å². The van der Waals surface area contributed by atoms with Crippen molar-refractivity contribution in [3.05, 3.63) is 70.8 Å². The van der Waals surface area contributed by atoms with Crippen molar-refractivity contribution in [2.45, 2.75) is 62.4 Å². The molecular formula is C25H27NO3. The van der Waals surface area contributed by atoms with Crippen molar-refractivity contribution in [3.8, 4) is 6.07 Å². The molecule has 2 aromatic rings. The summed E-state index contributed by atoms with van der Waals surface area (Å²) < 4.78 is 0. The van der Waals surface area contributed by atoms with E-state index in [0.29, 0.717) is 18.4 Å². The van der Waals surface area contributed by atoms with Gasteiger partial charge < -0.3 is 10.2 Å². The number of aryl methyl sites for hydroxylation is 1. The molecule has 0 heterocycles. The van der Waals surface area contributed by atoms with Crippen LogP contribution in [-0.2, 0) is 18.3 Å². The van der Waals surface area contributed by atoms with Crippen LogP contribution in [0.1, 0.15) is 65.6 Å². The number of nitrogens with zero attached hydrogens (tertiary/aromatic N) is 1. The van der Waals surface area contributed by atoms with Gasteiger partial charge in [0.05, 0.1) is 23.7 Å². The third-order valence-electron chi connectivity index (χ3n) is 7.10. The van der Waals surface area contributed by atoms with Gasteiger partial charge in [0.15, 0.2) is 0 Å². The van der Waals surface area contributed by atoms with Gasteiger partial charge in [0, 0.05) is 5.41 Å². The van der Waals surface area contributed by atoms with Crippen molar-refractivity contribution in [1.29, 1.82) is 5.26 Å². The van der Waals surface area contributed by atoms with Crippen LogP contribution >= 0.6 is 0 Å². The largest absolute Gasteiger partial charge is 0.478 e. The van der Waals surface area contributed by atoms with E-state index in [2.05, 4.69) is 30.3 Å². The maximum atomic E-state index is 11.5. The molecule has 29 heavy (non-hydrogen) atoms. The van der Waals surface area contributed by atoms with Crippen LogP contribution in [0.25, 0.3) is 0 Å². The second kappa shape index (κ2) is 7.65. The number of benzene rings is 2. The molecule has 2 aromatic carbocycles. The number of carboxylic acids is 1. The van der Waals surface area contributed by atoms with E-state index in [9.17, 15) is 20.3 Å². The van der Waals surface area contributed by atoms with Crippen LogP contribution in [0.3, 0.4) is 0 Å². The first kappa shape index (κ1) is 19.7. The molecule has 150 valence electrons. The summed E-state index contributed by atoms with van der Waals surface area (Å²) in [5, 5.41) is 29.7. The van der Waals surface area contributed by atoms with Crippen LogP contribution in [0.4, 0.5) is 0 Å².